The summed E-state index contributed by atoms with van der Waals surface area (Å²) in [4.78, 5) is 22.5. The fourth-order valence-corrected chi connectivity index (χ4v) is 4.44. The molecule has 2 aliphatic carbocycles. The van der Waals surface area contributed by atoms with E-state index >= 15 is 0 Å². The van der Waals surface area contributed by atoms with Gasteiger partial charge in [-0.25, -0.2) is 4.98 Å². The Morgan fingerprint density at radius 2 is 1.76 bits per heavy atom. The molecule has 33 heavy (non-hydrogen) atoms. The molecule has 6 N–H and O–H groups in total. The predicted molar refractivity (Wildman–Crippen MR) is 122 cm³/mol. The van der Waals surface area contributed by atoms with E-state index in [0.29, 0.717) is 17.5 Å². The second kappa shape index (κ2) is 6.84. The topological polar surface area (TPSA) is 150 Å². The maximum Gasteiger partial charge on any atom is 0.254 e. The minimum Gasteiger partial charge on any atom is -0.365 e. The van der Waals surface area contributed by atoms with Crippen LogP contribution in [0.4, 0.5) is 17.5 Å². The van der Waals surface area contributed by atoms with Crippen LogP contribution < -0.4 is 22.1 Å². The van der Waals surface area contributed by atoms with Crippen LogP contribution in [0, 0.1) is 0 Å². The van der Waals surface area contributed by atoms with Crippen LogP contribution in [0.3, 0.4) is 0 Å². The molecule has 0 radical (unpaired) electrons. The monoisotopic (exact) mass is 439 g/mol. The summed E-state index contributed by atoms with van der Waals surface area (Å²) in [5, 5.41) is 14.9. The Bertz CT molecular complexity index is 1360. The number of hydrogen-bond donors (Lipinski definition) is 4. The number of primary amides is 1. The number of anilines is 3. The van der Waals surface area contributed by atoms with Crippen molar-refractivity contribution >= 4 is 23.4 Å². The van der Waals surface area contributed by atoms with Crippen LogP contribution in [-0.4, -0.2) is 36.4 Å². The van der Waals surface area contributed by atoms with Crippen LogP contribution in [0.5, 0.6) is 0 Å². The third-order valence-electron chi connectivity index (χ3n) is 6.32. The lowest BCUT2D eigenvalue weighted by atomic mass is 10.00. The maximum absolute atomic E-state index is 12.1. The first-order chi connectivity index (χ1) is 16.0. The van der Waals surface area contributed by atoms with Gasteiger partial charge in [0.05, 0.1) is 18.1 Å². The van der Waals surface area contributed by atoms with Crippen molar-refractivity contribution in [1.29, 1.82) is 0 Å². The molecular weight excluding hydrogens is 418 g/mol. The van der Waals surface area contributed by atoms with Crippen LogP contribution in [0.2, 0.25) is 0 Å². The summed E-state index contributed by atoms with van der Waals surface area (Å²) in [5.41, 5.74) is 15.3. The Balaban J connectivity index is 1.34. The average Bonchev–Trinajstić information content (AvgIpc) is 3.63. The van der Waals surface area contributed by atoms with Crippen molar-refractivity contribution in [2.75, 3.05) is 10.6 Å². The third kappa shape index (κ3) is 3.03. The van der Waals surface area contributed by atoms with E-state index in [1.54, 1.807) is 12.4 Å². The van der Waals surface area contributed by atoms with Gasteiger partial charge in [-0.3, -0.25) is 4.79 Å². The van der Waals surface area contributed by atoms with E-state index in [-0.39, 0.29) is 11.1 Å². The molecule has 164 valence electrons. The second-order valence-electron chi connectivity index (χ2n) is 8.39. The lowest BCUT2D eigenvalue weighted by molar-refractivity contribution is 0.100. The first-order valence-corrected chi connectivity index (χ1v) is 10.6. The van der Waals surface area contributed by atoms with E-state index in [4.69, 9.17) is 11.5 Å². The highest BCUT2D eigenvalue weighted by atomic mass is 16.1. The van der Waals surface area contributed by atoms with Gasteiger partial charge in [-0.15, -0.1) is 0 Å². The molecule has 4 aromatic rings. The zero-order chi connectivity index (χ0) is 22.6. The van der Waals surface area contributed by atoms with Gasteiger partial charge in [0, 0.05) is 17.4 Å². The molecule has 2 aromatic carbocycles. The van der Waals surface area contributed by atoms with Gasteiger partial charge in [0.1, 0.15) is 16.9 Å². The summed E-state index contributed by atoms with van der Waals surface area (Å²) in [6, 6.07) is 15.6. The van der Waals surface area contributed by atoms with Gasteiger partial charge < -0.3 is 22.1 Å². The highest BCUT2D eigenvalue weighted by Gasteiger charge is 2.68. The van der Waals surface area contributed by atoms with E-state index < -0.39 is 11.4 Å². The summed E-state index contributed by atoms with van der Waals surface area (Å²) in [6.07, 6.45) is 6.45. The smallest absolute Gasteiger partial charge is 0.254 e. The lowest BCUT2D eigenvalue weighted by Gasteiger charge is -2.26. The first kappa shape index (κ1) is 19.4. The summed E-state index contributed by atoms with van der Waals surface area (Å²) in [5.74, 6) is 0.0310. The zero-order valence-electron chi connectivity index (χ0n) is 17.6. The fourth-order valence-electron chi connectivity index (χ4n) is 4.44. The Morgan fingerprint density at radius 3 is 2.42 bits per heavy atom. The third-order valence-corrected chi connectivity index (χ3v) is 6.32. The number of nitrogens with one attached hydrogen (secondary N) is 2. The van der Waals surface area contributed by atoms with Gasteiger partial charge >= 0.3 is 0 Å². The standard InChI is InChI=1S/C23H21N9O/c24-19(33)16-13-26-21(31-23(22(25)8-9-22)17-6-1-2-7-18(17)23)30-20(16)29-14-4-3-5-15(12-14)32-27-10-11-28-32/h1-7,10-13H,8-9,25H2,(H2,24,33)(H2,26,29,30,31). The number of amides is 1. The second-order valence-corrected chi connectivity index (χ2v) is 8.39. The first-order valence-electron chi connectivity index (χ1n) is 10.6. The van der Waals surface area contributed by atoms with Gasteiger partial charge in [-0.05, 0) is 42.2 Å². The summed E-state index contributed by atoms with van der Waals surface area (Å²) in [7, 11) is 0. The normalized spacial score (nSPS) is 16.5. The summed E-state index contributed by atoms with van der Waals surface area (Å²) < 4.78 is 0. The molecule has 1 fully saturated rings. The van der Waals surface area contributed by atoms with Gasteiger partial charge in [-0.1, -0.05) is 30.3 Å². The van der Waals surface area contributed by atoms with Crippen molar-refractivity contribution in [2.24, 2.45) is 11.5 Å². The Hall–Kier alpha value is -4.31. The van der Waals surface area contributed by atoms with Crippen molar-refractivity contribution in [3.05, 3.63) is 83.8 Å². The van der Waals surface area contributed by atoms with Crippen LogP contribution in [0.1, 0.15) is 34.3 Å². The number of carbonyl (C=O) groups excluding carboxylic acids is 1. The van der Waals surface area contributed by atoms with Crippen molar-refractivity contribution in [2.45, 2.75) is 23.9 Å². The quantitative estimate of drug-likeness (QED) is 0.342. The number of hydrogen-bond acceptors (Lipinski definition) is 8. The molecule has 10 nitrogen and oxygen atoms in total. The van der Waals surface area contributed by atoms with Gasteiger partial charge in [0.25, 0.3) is 5.91 Å². The molecule has 0 bridgehead atoms. The SMILES string of the molecule is NC(=O)c1cnc(NC2(C3(N)CC3)c3ccccc32)nc1Nc1cccc(-n2nccn2)c1. The van der Waals surface area contributed by atoms with E-state index in [9.17, 15) is 4.79 Å². The number of nitrogens with zero attached hydrogens (tertiary/aromatic N) is 5. The van der Waals surface area contributed by atoms with E-state index in [0.717, 1.165) is 29.7 Å². The largest absolute Gasteiger partial charge is 0.365 e. The molecular formula is C23H21N9O. The highest BCUT2D eigenvalue weighted by Crippen LogP contribution is 2.63. The molecule has 1 saturated carbocycles. The Labute approximate surface area is 189 Å². The molecule has 2 aromatic heterocycles. The zero-order valence-corrected chi connectivity index (χ0v) is 17.6. The highest BCUT2D eigenvalue weighted by molar-refractivity contribution is 5.98. The number of benzene rings is 2. The van der Waals surface area contributed by atoms with Crippen LogP contribution in [0.15, 0.2) is 67.1 Å². The van der Waals surface area contributed by atoms with Crippen LogP contribution in [0.25, 0.3) is 5.69 Å². The van der Waals surface area contributed by atoms with Crippen molar-refractivity contribution < 1.29 is 4.79 Å². The molecule has 2 heterocycles. The van der Waals surface area contributed by atoms with Gasteiger partial charge in [0.2, 0.25) is 5.95 Å². The van der Waals surface area contributed by atoms with Crippen molar-refractivity contribution in [3.8, 4) is 5.69 Å². The fraction of sp³-hybridized carbons (Fsp3) is 0.174. The predicted octanol–water partition coefficient (Wildman–Crippen LogP) is 2.06. The molecule has 2 aliphatic rings. The molecule has 10 heteroatoms. The Kier molecular flexibility index (Phi) is 4.02. The number of aromatic nitrogens is 5. The van der Waals surface area contributed by atoms with Crippen molar-refractivity contribution in [1.82, 2.24) is 25.0 Å². The van der Waals surface area contributed by atoms with Crippen molar-refractivity contribution in [3.63, 3.8) is 0 Å². The number of fused-ring (bicyclic) bond motifs is 1. The number of nitrogens with two attached hydrogens (primary N) is 2. The van der Waals surface area contributed by atoms with E-state index in [1.807, 2.05) is 36.4 Å². The molecule has 0 aliphatic heterocycles. The number of rotatable bonds is 7. The summed E-state index contributed by atoms with van der Waals surface area (Å²) >= 11 is 0. The molecule has 0 unspecified atom stereocenters. The molecule has 0 spiro atoms. The van der Waals surface area contributed by atoms with Gasteiger partial charge in [0.15, 0.2) is 0 Å². The van der Waals surface area contributed by atoms with Crippen LogP contribution in [-0.2, 0) is 5.54 Å². The lowest BCUT2D eigenvalue weighted by Crippen LogP contribution is -2.44. The molecule has 0 atom stereocenters. The van der Waals surface area contributed by atoms with Crippen LogP contribution >= 0.6 is 0 Å². The minimum absolute atomic E-state index is 0.180. The average molecular weight is 439 g/mol. The molecule has 0 saturated heterocycles. The van der Waals surface area contributed by atoms with E-state index in [1.165, 1.54) is 11.0 Å². The maximum atomic E-state index is 12.1. The Morgan fingerprint density at radius 1 is 1.03 bits per heavy atom. The van der Waals surface area contributed by atoms with E-state index in [2.05, 4.69) is 42.9 Å². The minimum atomic E-state index is -0.629. The molecule has 6 rings (SSSR count). The van der Waals surface area contributed by atoms with Gasteiger partial charge in [-0.2, -0.15) is 20.0 Å². The molecule has 1 amide bonds. The summed E-state index contributed by atoms with van der Waals surface area (Å²) in [6.45, 7) is 0. The number of carbonyl (C=O) groups is 1.